The number of ether oxygens (including phenoxy) is 1. The minimum atomic E-state index is 0.146. The third kappa shape index (κ3) is 3.91. The summed E-state index contributed by atoms with van der Waals surface area (Å²) in [5.41, 5.74) is 0.922. The number of methoxy groups -OCH3 is 1. The van der Waals surface area contributed by atoms with Crippen molar-refractivity contribution < 1.29 is 9.84 Å². The highest BCUT2D eigenvalue weighted by atomic mass is 16.5. The van der Waals surface area contributed by atoms with Crippen molar-refractivity contribution in [1.82, 2.24) is 5.32 Å². The number of phenols is 1. The molecule has 102 valence electrons. The van der Waals surface area contributed by atoms with Crippen LogP contribution in [0.1, 0.15) is 51.6 Å². The van der Waals surface area contributed by atoms with E-state index in [0.717, 1.165) is 18.4 Å². The van der Waals surface area contributed by atoms with E-state index in [1.54, 1.807) is 13.2 Å². The van der Waals surface area contributed by atoms with E-state index in [2.05, 4.69) is 26.1 Å². The molecular formula is C15H25NO2. The molecule has 2 unspecified atom stereocenters. The van der Waals surface area contributed by atoms with Gasteiger partial charge in [-0.05, 0) is 25.8 Å². The first-order valence-electron chi connectivity index (χ1n) is 6.75. The van der Waals surface area contributed by atoms with Crippen molar-refractivity contribution in [3.05, 3.63) is 23.8 Å². The molecule has 0 aliphatic carbocycles. The third-order valence-electron chi connectivity index (χ3n) is 3.32. The maximum absolute atomic E-state index is 9.99. The molecule has 3 nitrogen and oxygen atoms in total. The summed E-state index contributed by atoms with van der Waals surface area (Å²) in [6.45, 7) is 6.47. The standard InChI is InChI=1S/C15H25NO2/c1-5-7-12(6-2)16-11(3)14-9-8-13(18-4)10-15(14)17/h8-12,16-17H,5-7H2,1-4H3. The first kappa shape index (κ1) is 14.8. The molecule has 0 aromatic heterocycles. The van der Waals surface area contributed by atoms with Crippen molar-refractivity contribution >= 4 is 0 Å². The van der Waals surface area contributed by atoms with Gasteiger partial charge in [-0.2, -0.15) is 0 Å². The van der Waals surface area contributed by atoms with Crippen LogP contribution in [-0.2, 0) is 0 Å². The second-order valence-electron chi connectivity index (χ2n) is 4.71. The molecule has 1 aromatic carbocycles. The van der Waals surface area contributed by atoms with E-state index < -0.39 is 0 Å². The Kier molecular flexibility index (Phi) is 5.99. The van der Waals surface area contributed by atoms with Gasteiger partial charge in [0.15, 0.2) is 0 Å². The zero-order chi connectivity index (χ0) is 13.5. The summed E-state index contributed by atoms with van der Waals surface area (Å²) >= 11 is 0. The number of benzene rings is 1. The first-order valence-corrected chi connectivity index (χ1v) is 6.75. The Morgan fingerprint density at radius 2 is 2.06 bits per heavy atom. The smallest absolute Gasteiger partial charge is 0.124 e. The summed E-state index contributed by atoms with van der Waals surface area (Å²) in [5, 5.41) is 13.5. The van der Waals surface area contributed by atoms with Crippen LogP contribution in [0.4, 0.5) is 0 Å². The van der Waals surface area contributed by atoms with Crippen molar-refractivity contribution in [3.8, 4) is 11.5 Å². The Morgan fingerprint density at radius 3 is 2.56 bits per heavy atom. The topological polar surface area (TPSA) is 41.5 Å². The summed E-state index contributed by atoms with van der Waals surface area (Å²) in [6, 6.07) is 6.12. The lowest BCUT2D eigenvalue weighted by molar-refractivity contribution is 0.391. The minimum Gasteiger partial charge on any atom is -0.507 e. The van der Waals surface area contributed by atoms with Crippen molar-refractivity contribution in [1.29, 1.82) is 0 Å². The Hall–Kier alpha value is -1.22. The van der Waals surface area contributed by atoms with Gasteiger partial charge in [0.1, 0.15) is 11.5 Å². The molecule has 2 N–H and O–H groups in total. The van der Waals surface area contributed by atoms with Crippen molar-refractivity contribution in [3.63, 3.8) is 0 Å². The number of rotatable bonds is 7. The Morgan fingerprint density at radius 1 is 1.33 bits per heavy atom. The average molecular weight is 251 g/mol. The lowest BCUT2D eigenvalue weighted by atomic mass is 10.0. The maximum atomic E-state index is 9.99. The van der Waals surface area contributed by atoms with E-state index in [1.165, 1.54) is 6.42 Å². The lowest BCUT2D eigenvalue weighted by Gasteiger charge is -2.23. The molecule has 0 heterocycles. The van der Waals surface area contributed by atoms with Crippen LogP contribution in [-0.4, -0.2) is 18.3 Å². The van der Waals surface area contributed by atoms with Crippen LogP contribution in [0.5, 0.6) is 11.5 Å². The van der Waals surface area contributed by atoms with E-state index in [0.29, 0.717) is 17.5 Å². The number of hydrogen-bond donors (Lipinski definition) is 2. The molecule has 18 heavy (non-hydrogen) atoms. The van der Waals surface area contributed by atoms with Crippen LogP contribution >= 0.6 is 0 Å². The normalized spacial score (nSPS) is 14.2. The highest BCUT2D eigenvalue weighted by Gasteiger charge is 2.14. The van der Waals surface area contributed by atoms with E-state index in [-0.39, 0.29) is 6.04 Å². The van der Waals surface area contributed by atoms with E-state index in [9.17, 15) is 5.11 Å². The van der Waals surface area contributed by atoms with Crippen LogP contribution in [0.2, 0.25) is 0 Å². The molecule has 0 amide bonds. The van der Waals surface area contributed by atoms with Crippen LogP contribution in [0.3, 0.4) is 0 Å². The fourth-order valence-corrected chi connectivity index (χ4v) is 2.21. The van der Waals surface area contributed by atoms with Crippen molar-refractivity contribution in [2.75, 3.05) is 7.11 Å². The molecular weight excluding hydrogens is 226 g/mol. The second-order valence-corrected chi connectivity index (χ2v) is 4.71. The van der Waals surface area contributed by atoms with Crippen LogP contribution in [0, 0.1) is 0 Å². The largest absolute Gasteiger partial charge is 0.507 e. The van der Waals surface area contributed by atoms with Gasteiger partial charge in [-0.1, -0.05) is 26.3 Å². The molecule has 0 spiro atoms. The number of nitrogens with one attached hydrogen (secondary N) is 1. The van der Waals surface area contributed by atoms with Crippen molar-refractivity contribution in [2.24, 2.45) is 0 Å². The Labute approximate surface area is 110 Å². The number of aromatic hydroxyl groups is 1. The molecule has 0 fully saturated rings. The summed E-state index contributed by atoms with van der Waals surface area (Å²) < 4.78 is 5.09. The van der Waals surface area contributed by atoms with Gasteiger partial charge >= 0.3 is 0 Å². The van der Waals surface area contributed by atoms with E-state index in [4.69, 9.17) is 4.74 Å². The summed E-state index contributed by atoms with van der Waals surface area (Å²) in [5.74, 6) is 0.977. The zero-order valence-electron chi connectivity index (χ0n) is 11.9. The maximum Gasteiger partial charge on any atom is 0.124 e. The monoisotopic (exact) mass is 251 g/mol. The highest BCUT2D eigenvalue weighted by Crippen LogP contribution is 2.28. The molecule has 0 aliphatic heterocycles. The van der Waals surface area contributed by atoms with Crippen LogP contribution in [0.15, 0.2) is 18.2 Å². The van der Waals surface area contributed by atoms with E-state index >= 15 is 0 Å². The lowest BCUT2D eigenvalue weighted by Crippen LogP contribution is -2.30. The zero-order valence-corrected chi connectivity index (χ0v) is 11.9. The first-order chi connectivity index (χ1) is 8.62. The summed E-state index contributed by atoms with van der Waals surface area (Å²) in [4.78, 5) is 0. The second kappa shape index (κ2) is 7.27. The van der Waals surface area contributed by atoms with Gasteiger partial charge in [-0.15, -0.1) is 0 Å². The van der Waals surface area contributed by atoms with Gasteiger partial charge < -0.3 is 15.2 Å². The SMILES string of the molecule is CCCC(CC)NC(C)c1ccc(OC)cc1O. The summed E-state index contributed by atoms with van der Waals surface area (Å²) in [6.07, 6.45) is 3.44. The number of phenolic OH excluding ortho intramolecular Hbond substituents is 1. The minimum absolute atomic E-state index is 0.146. The molecule has 2 atom stereocenters. The average Bonchev–Trinajstić information content (AvgIpc) is 2.37. The molecule has 1 aromatic rings. The molecule has 0 aliphatic rings. The quantitative estimate of drug-likeness (QED) is 0.777. The highest BCUT2D eigenvalue weighted by molar-refractivity contribution is 5.41. The fraction of sp³-hybridized carbons (Fsp3) is 0.600. The molecule has 0 saturated carbocycles. The summed E-state index contributed by atoms with van der Waals surface area (Å²) in [7, 11) is 1.60. The van der Waals surface area contributed by atoms with Gasteiger partial charge in [0.05, 0.1) is 7.11 Å². The van der Waals surface area contributed by atoms with Gasteiger partial charge in [0.25, 0.3) is 0 Å². The number of hydrogen-bond acceptors (Lipinski definition) is 3. The third-order valence-corrected chi connectivity index (χ3v) is 3.32. The Bertz CT molecular complexity index is 366. The predicted molar refractivity (Wildman–Crippen MR) is 75.2 cm³/mol. The van der Waals surface area contributed by atoms with Gasteiger partial charge in [-0.3, -0.25) is 0 Å². The molecule has 3 heteroatoms. The molecule has 1 rings (SSSR count). The van der Waals surface area contributed by atoms with Gasteiger partial charge in [-0.25, -0.2) is 0 Å². The van der Waals surface area contributed by atoms with Gasteiger partial charge in [0, 0.05) is 23.7 Å². The molecule has 0 saturated heterocycles. The predicted octanol–water partition coefficient (Wildman–Crippen LogP) is 3.63. The molecule has 0 bridgehead atoms. The van der Waals surface area contributed by atoms with E-state index in [1.807, 2.05) is 12.1 Å². The Balaban J connectivity index is 2.74. The fourth-order valence-electron chi connectivity index (χ4n) is 2.21. The van der Waals surface area contributed by atoms with Crippen molar-refractivity contribution in [2.45, 2.75) is 52.1 Å². The van der Waals surface area contributed by atoms with Crippen LogP contribution < -0.4 is 10.1 Å². The van der Waals surface area contributed by atoms with Gasteiger partial charge in [0.2, 0.25) is 0 Å². The van der Waals surface area contributed by atoms with Crippen LogP contribution in [0.25, 0.3) is 0 Å². The molecule has 0 radical (unpaired) electrons.